The molecule has 7 heteroatoms. The van der Waals surface area contributed by atoms with Crippen molar-refractivity contribution in [3.05, 3.63) is 24.2 Å². The Balaban J connectivity index is 1.41. The number of rotatable bonds is 6. The van der Waals surface area contributed by atoms with Gasteiger partial charge in [-0.3, -0.25) is 14.4 Å². The third-order valence-corrected chi connectivity index (χ3v) is 5.89. The zero-order valence-corrected chi connectivity index (χ0v) is 16.7. The summed E-state index contributed by atoms with van der Waals surface area (Å²) in [5.41, 5.74) is 0. The first-order chi connectivity index (χ1) is 13.6. The lowest BCUT2D eigenvalue weighted by Crippen LogP contribution is -2.52. The van der Waals surface area contributed by atoms with Gasteiger partial charge in [-0.05, 0) is 44.2 Å². The Labute approximate surface area is 166 Å². The van der Waals surface area contributed by atoms with Crippen LogP contribution in [0, 0.1) is 11.8 Å². The third-order valence-electron chi connectivity index (χ3n) is 5.89. The van der Waals surface area contributed by atoms with E-state index in [2.05, 4.69) is 12.2 Å². The normalized spacial score (nSPS) is 22.8. The van der Waals surface area contributed by atoms with Crippen molar-refractivity contribution in [1.82, 2.24) is 15.1 Å². The molecule has 1 aliphatic heterocycles. The van der Waals surface area contributed by atoms with Crippen LogP contribution in [0.15, 0.2) is 22.8 Å². The van der Waals surface area contributed by atoms with Crippen LogP contribution in [-0.2, 0) is 9.59 Å². The molecule has 1 saturated carbocycles. The number of carbonyl (C=O) groups is 3. The Hall–Kier alpha value is -2.31. The standard InChI is InChI=1S/C21H31N3O4/c1-2-3-10-22-19(25)16-6-8-17(9-7-16)20(26)23-11-13-24(14-12-23)21(27)18-5-4-15-28-18/h4-5,15-17H,2-3,6-14H2,1H3,(H,22,25). The minimum Gasteiger partial charge on any atom is -0.459 e. The first-order valence-corrected chi connectivity index (χ1v) is 10.5. The molecule has 2 fully saturated rings. The van der Waals surface area contributed by atoms with E-state index in [0.717, 1.165) is 45.1 Å². The minimum absolute atomic E-state index is 0.00650. The van der Waals surface area contributed by atoms with Crippen molar-refractivity contribution >= 4 is 17.7 Å². The van der Waals surface area contributed by atoms with E-state index in [1.165, 1.54) is 6.26 Å². The van der Waals surface area contributed by atoms with Crippen LogP contribution in [0.1, 0.15) is 56.0 Å². The van der Waals surface area contributed by atoms with Gasteiger partial charge in [-0.2, -0.15) is 0 Å². The number of hydrogen-bond acceptors (Lipinski definition) is 4. The van der Waals surface area contributed by atoms with Crippen molar-refractivity contribution in [3.63, 3.8) is 0 Å². The van der Waals surface area contributed by atoms with Crippen LogP contribution in [0.3, 0.4) is 0 Å². The second kappa shape index (κ2) is 9.75. The lowest BCUT2D eigenvalue weighted by molar-refractivity contribution is -0.139. The van der Waals surface area contributed by atoms with Gasteiger partial charge in [0.25, 0.3) is 5.91 Å². The lowest BCUT2D eigenvalue weighted by Gasteiger charge is -2.37. The summed E-state index contributed by atoms with van der Waals surface area (Å²) < 4.78 is 5.17. The van der Waals surface area contributed by atoms with Gasteiger partial charge >= 0.3 is 0 Å². The summed E-state index contributed by atoms with van der Waals surface area (Å²) in [6.45, 7) is 5.03. The van der Waals surface area contributed by atoms with Crippen LogP contribution in [0.4, 0.5) is 0 Å². The molecule has 0 unspecified atom stereocenters. The van der Waals surface area contributed by atoms with Crippen LogP contribution in [0.25, 0.3) is 0 Å². The van der Waals surface area contributed by atoms with E-state index in [4.69, 9.17) is 4.42 Å². The van der Waals surface area contributed by atoms with Crippen molar-refractivity contribution in [3.8, 4) is 0 Å². The molecule has 3 rings (SSSR count). The van der Waals surface area contributed by atoms with Gasteiger partial charge in [0.1, 0.15) is 0 Å². The smallest absolute Gasteiger partial charge is 0.289 e. The quantitative estimate of drug-likeness (QED) is 0.757. The lowest BCUT2D eigenvalue weighted by atomic mass is 9.81. The van der Waals surface area contributed by atoms with E-state index in [-0.39, 0.29) is 29.6 Å². The van der Waals surface area contributed by atoms with Gasteiger partial charge in [0.05, 0.1) is 6.26 Å². The van der Waals surface area contributed by atoms with E-state index in [1.54, 1.807) is 17.0 Å². The van der Waals surface area contributed by atoms with Crippen molar-refractivity contribution in [2.75, 3.05) is 32.7 Å². The maximum absolute atomic E-state index is 12.8. The van der Waals surface area contributed by atoms with Gasteiger partial charge < -0.3 is 19.5 Å². The molecule has 0 spiro atoms. The van der Waals surface area contributed by atoms with Crippen LogP contribution >= 0.6 is 0 Å². The fourth-order valence-electron chi connectivity index (χ4n) is 4.08. The monoisotopic (exact) mass is 389 g/mol. The fraction of sp³-hybridized carbons (Fsp3) is 0.667. The third kappa shape index (κ3) is 4.94. The summed E-state index contributed by atoms with van der Waals surface area (Å²) in [7, 11) is 0. The molecule has 2 heterocycles. The Morgan fingerprint density at radius 1 is 1.04 bits per heavy atom. The SMILES string of the molecule is CCCCNC(=O)C1CCC(C(=O)N2CCN(C(=O)c3ccco3)CC2)CC1. The highest BCUT2D eigenvalue weighted by molar-refractivity contribution is 5.91. The minimum atomic E-state index is -0.119. The van der Waals surface area contributed by atoms with E-state index in [9.17, 15) is 14.4 Å². The molecule has 0 bridgehead atoms. The predicted octanol–water partition coefficient (Wildman–Crippen LogP) is 2.29. The topological polar surface area (TPSA) is 82.9 Å². The second-order valence-electron chi connectivity index (χ2n) is 7.79. The van der Waals surface area contributed by atoms with Gasteiger partial charge in [-0.25, -0.2) is 0 Å². The number of nitrogens with one attached hydrogen (secondary N) is 1. The Kier molecular flexibility index (Phi) is 7.12. The molecule has 1 aromatic heterocycles. The van der Waals surface area contributed by atoms with E-state index >= 15 is 0 Å². The van der Waals surface area contributed by atoms with Gasteiger partial charge in [0, 0.05) is 44.6 Å². The number of nitrogens with zero attached hydrogens (tertiary/aromatic N) is 2. The zero-order valence-electron chi connectivity index (χ0n) is 16.7. The van der Waals surface area contributed by atoms with Gasteiger partial charge in [-0.1, -0.05) is 13.3 Å². The molecule has 1 saturated heterocycles. The number of amides is 3. The summed E-state index contributed by atoms with van der Waals surface area (Å²) in [6, 6.07) is 3.37. The van der Waals surface area contributed by atoms with Crippen molar-refractivity contribution in [2.24, 2.45) is 11.8 Å². The summed E-state index contributed by atoms with van der Waals surface area (Å²) >= 11 is 0. The average molecular weight is 389 g/mol. The number of furan rings is 1. The number of unbranched alkanes of at least 4 members (excludes halogenated alkanes) is 1. The predicted molar refractivity (Wildman–Crippen MR) is 105 cm³/mol. The zero-order chi connectivity index (χ0) is 19.9. The Morgan fingerprint density at radius 2 is 1.68 bits per heavy atom. The van der Waals surface area contributed by atoms with Crippen molar-refractivity contribution in [1.29, 1.82) is 0 Å². The van der Waals surface area contributed by atoms with Crippen molar-refractivity contribution < 1.29 is 18.8 Å². The molecule has 0 radical (unpaired) electrons. The molecule has 3 amide bonds. The molecule has 28 heavy (non-hydrogen) atoms. The molecule has 154 valence electrons. The molecule has 2 aliphatic rings. The highest BCUT2D eigenvalue weighted by Gasteiger charge is 2.34. The fourth-order valence-corrected chi connectivity index (χ4v) is 4.08. The summed E-state index contributed by atoms with van der Waals surface area (Å²) in [5, 5.41) is 3.01. The number of carbonyl (C=O) groups excluding carboxylic acids is 3. The first-order valence-electron chi connectivity index (χ1n) is 10.5. The molecule has 7 nitrogen and oxygen atoms in total. The second-order valence-corrected chi connectivity index (χ2v) is 7.79. The summed E-state index contributed by atoms with van der Waals surface area (Å²) in [5.74, 6) is 0.594. The summed E-state index contributed by atoms with van der Waals surface area (Å²) in [4.78, 5) is 41.0. The van der Waals surface area contributed by atoms with Crippen LogP contribution in [0.5, 0.6) is 0 Å². The number of piperazine rings is 1. The molecule has 0 aromatic carbocycles. The largest absolute Gasteiger partial charge is 0.459 e. The van der Waals surface area contributed by atoms with Crippen LogP contribution in [0.2, 0.25) is 0 Å². The van der Waals surface area contributed by atoms with Gasteiger partial charge in [0.15, 0.2) is 5.76 Å². The van der Waals surface area contributed by atoms with Gasteiger partial charge in [-0.15, -0.1) is 0 Å². The molecule has 1 aliphatic carbocycles. The van der Waals surface area contributed by atoms with Gasteiger partial charge in [0.2, 0.25) is 11.8 Å². The highest BCUT2D eigenvalue weighted by Crippen LogP contribution is 2.30. The van der Waals surface area contributed by atoms with Crippen molar-refractivity contribution in [2.45, 2.75) is 45.4 Å². The summed E-state index contributed by atoms with van der Waals surface area (Å²) in [6.07, 6.45) is 6.69. The van der Waals surface area contributed by atoms with E-state index in [1.807, 2.05) is 4.90 Å². The molecule has 1 aromatic rings. The van der Waals surface area contributed by atoms with Crippen LogP contribution < -0.4 is 5.32 Å². The maximum atomic E-state index is 12.8. The molecular weight excluding hydrogens is 358 g/mol. The molecular formula is C21H31N3O4. The van der Waals surface area contributed by atoms with Crippen LogP contribution in [-0.4, -0.2) is 60.2 Å². The Bertz CT molecular complexity index is 657. The maximum Gasteiger partial charge on any atom is 0.289 e. The highest BCUT2D eigenvalue weighted by atomic mass is 16.3. The first kappa shape index (κ1) is 20.4. The Morgan fingerprint density at radius 3 is 2.29 bits per heavy atom. The van der Waals surface area contributed by atoms with E-state index in [0.29, 0.717) is 31.9 Å². The molecule has 0 atom stereocenters. The average Bonchev–Trinajstić information content (AvgIpc) is 3.28. The van der Waals surface area contributed by atoms with E-state index < -0.39 is 0 Å². The molecule has 1 N–H and O–H groups in total. The number of hydrogen-bond donors (Lipinski definition) is 1.